The molecule has 11 heteroatoms. The zero-order valence-corrected chi connectivity index (χ0v) is 17.5. The molecule has 31 heavy (non-hydrogen) atoms. The van der Waals surface area contributed by atoms with Crippen LogP contribution in [0.1, 0.15) is 24.1 Å². The molecule has 2 aromatic rings. The van der Waals surface area contributed by atoms with Crippen LogP contribution in [0.4, 0.5) is 13.2 Å². The number of aliphatic hydroxyl groups excluding tert-OH is 1. The van der Waals surface area contributed by atoms with Crippen LogP contribution in [-0.4, -0.2) is 57.7 Å². The summed E-state index contributed by atoms with van der Waals surface area (Å²) in [6.45, 7) is 1.86. The Bertz CT molecular complexity index is 932. The highest BCUT2D eigenvalue weighted by atomic mass is 32.1. The number of β-amino-alcohol motifs (C(OH)–C–C–N with tert-alkyl or cyclic N) is 1. The van der Waals surface area contributed by atoms with Crippen molar-refractivity contribution >= 4 is 23.2 Å². The first-order chi connectivity index (χ1) is 14.5. The van der Waals surface area contributed by atoms with Gasteiger partial charge in [0.15, 0.2) is 0 Å². The van der Waals surface area contributed by atoms with E-state index in [1.54, 1.807) is 5.51 Å². The van der Waals surface area contributed by atoms with E-state index in [9.17, 15) is 27.9 Å². The number of carbonyl (C=O) groups excluding carboxylic acids is 2. The predicted molar refractivity (Wildman–Crippen MR) is 109 cm³/mol. The highest BCUT2D eigenvalue weighted by Crippen LogP contribution is 2.27. The summed E-state index contributed by atoms with van der Waals surface area (Å²) in [5.74, 6) is -1.55. The molecule has 2 amide bonds. The van der Waals surface area contributed by atoms with Gasteiger partial charge in [-0.1, -0.05) is 24.3 Å². The number of aryl methyl sites for hydroxylation is 1. The number of likely N-dealkylation sites (tertiary alicyclic amines) is 1. The number of nitrogens with zero attached hydrogens (tertiary/aromatic N) is 2. The van der Waals surface area contributed by atoms with E-state index in [0.717, 1.165) is 26.6 Å². The van der Waals surface area contributed by atoms with Crippen LogP contribution >= 0.6 is 11.3 Å². The van der Waals surface area contributed by atoms with Crippen LogP contribution in [0.15, 0.2) is 29.8 Å². The monoisotopic (exact) mass is 456 g/mol. The molecular formula is C20H23F3N4O3S. The molecule has 4 N–H and O–H groups in total. The average molecular weight is 456 g/mol. The minimum Gasteiger partial charge on any atom is -0.391 e. The molecule has 0 spiro atoms. The lowest BCUT2D eigenvalue weighted by Gasteiger charge is -2.26. The number of benzene rings is 1. The highest BCUT2D eigenvalue weighted by Gasteiger charge is 2.42. The van der Waals surface area contributed by atoms with Gasteiger partial charge in [0.1, 0.15) is 6.04 Å². The largest absolute Gasteiger partial charge is 0.391 e. The molecule has 0 aliphatic carbocycles. The van der Waals surface area contributed by atoms with Gasteiger partial charge in [0, 0.05) is 19.5 Å². The Morgan fingerprint density at radius 2 is 2.03 bits per heavy atom. The minimum atomic E-state index is -4.60. The maximum atomic E-state index is 12.6. The number of rotatable bonds is 6. The molecule has 1 aromatic carbocycles. The van der Waals surface area contributed by atoms with Crippen molar-refractivity contribution in [2.45, 2.75) is 50.7 Å². The van der Waals surface area contributed by atoms with Gasteiger partial charge in [0.05, 0.1) is 34.6 Å². The van der Waals surface area contributed by atoms with Crippen molar-refractivity contribution in [3.8, 4) is 10.4 Å². The summed E-state index contributed by atoms with van der Waals surface area (Å²) in [6, 6.07) is 4.63. The molecule has 1 saturated heterocycles. The average Bonchev–Trinajstić information content (AvgIpc) is 3.30. The molecule has 7 nitrogen and oxygen atoms in total. The van der Waals surface area contributed by atoms with Gasteiger partial charge in [-0.2, -0.15) is 13.2 Å². The van der Waals surface area contributed by atoms with E-state index >= 15 is 0 Å². The third-order valence-corrected chi connectivity index (χ3v) is 6.04. The number of alkyl halides is 3. The van der Waals surface area contributed by atoms with Crippen molar-refractivity contribution in [2.75, 3.05) is 6.54 Å². The molecule has 3 rings (SSSR count). The summed E-state index contributed by atoms with van der Waals surface area (Å²) in [4.78, 5) is 31.1. The first-order valence-corrected chi connectivity index (χ1v) is 10.5. The molecule has 1 fully saturated rings. The summed E-state index contributed by atoms with van der Waals surface area (Å²) >= 11 is 1.53. The van der Waals surface area contributed by atoms with E-state index in [1.165, 1.54) is 11.3 Å². The maximum absolute atomic E-state index is 12.6. The molecule has 1 aromatic heterocycles. The van der Waals surface area contributed by atoms with Crippen LogP contribution in [0.3, 0.4) is 0 Å². The molecule has 1 aliphatic heterocycles. The van der Waals surface area contributed by atoms with Crippen molar-refractivity contribution in [1.82, 2.24) is 15.2 Å². The fourth-order valence-electron chi connectivity index (χ4n) is 3.52. The van der Waals surface area contributed by atoms with Crippen LogP contribution in [0.25, 0.3) is 10.4 Å². The fraction of sp³-hybridized carbons (Fsp3) is 0.450. The smallest absolute Gasteiger partial charge is 0.391 e. The van der Waals surface area contributed by atoms with Crippen molar-refractivity contribution in [1.29, 1.82) is 0 Å². The highest BCUT2D eigenvalue weighted by molar-refractivity contribution is 7.13. The number of aliphatic hydroxyl groups is 1. The molecule has 0 unspecified atom stereocenters. The van der Waals surface area contributed by atoms with Crippen molar-refractivity contribution in [3.05, 3.63) is 41.0 Å². The lowest BCUT2D eigenvalue weighted by molar-refractivity contribution is -0.154. The lowest BCUT2D eigenvalue weighted by Crippen LogP contribution is -2.52. The van der Waals surface area contributed by atoms with E-state index in [2.05, 4.69) is 10.3 Å². The van der Waals surface area contributed by atoms with Crippen molar-refractivity contribution < 1.29 is 27.9 Å². The van der Waals surface area contributed by atoms with E-state index in [1.807, 2.05) is 31.2 Å². The van der Waals surface area contributed by atoms with Gasteiger partial charge in [-0.3, -0.25) is 9.59 Å². The summed E-state index contributed by atoms with van der Waals surface area (Å²) in [5, 5.41) is 12.6. The molecule has 168 valence electrons. The summed E-state index contributed by atoms with van der Waals surface area (Å²) in [5.41, 5.74) is 9.90. The van der Waals surface area contributed by atoms with Crippen LogP contribution in [0, 0.1) is 6.92 Å². The van der Waals surface area contributed by atoms with Crippen molar-refractivity contribution in [3.63, 3.8) is 0 Å². The zero-order valence-electron chi connectivity index (χ0n) is 16.7. The number of nitrogens with one attached hydrogen (secondary N) is 1. The molecule has 1 aliphatic rings. The Morgan fingerprint density at radius 3 is 2.61 bits per heavy atom. The topological polar surface area (TPSA) is 109 Å². The zero-order chi connectivity index (χ0) is 22.8. The Labute approximate surface area is 181 Å². The summed E-state index contributed by atoms with van der Waals surface area (Å²) < 4.78 is 37.7. The number of nitrogens with two attached hydrogens (primary N) is 1. The Balaban J connectivity index is 1.61. The molecule has 0 radical (unpaired) electrons. The summed E-state index contributed by atoms with van der Waals surface area (Å²) in [7, 11) is 0. The SMILES string of the molecule is Cc1ncsc1-c1ccc(CNC(=O)[C@@H]2C[C@@H](O)CN2C(=O)[C@@H](N)CC(F)(F)F)cc1. The maximum Gasteiger partial charge on any atom is 0.391 e. The quantitative estimate of drug-likeness (QED) is 0.616. The Morgan fingerprint density at radius 1 is 1.35 bits per heavy atom. The van der Waals surface area contributed by atoms with Crippen LogP contribution in [0.2, 0.25) is 0 Å². The number of aromatic nitrogens is 1. The number of hydrogen-bond donors (Lipinski definition) is 3. The van der Waals surface area contributed by atoms with Gasteiger partial charge in [-0.05, 0) is 18.1 Å². The second kappa shape index (κ2) is 9.33. The van der Waals surface area contributed by atoms with Crippen LogP contribution in [0.5, 0.6) is 0 Å². The second-order valence-electron chi connectivity index (χ2n) is 7.50. The Kier molecular flexibility index (Phi) is 6.97. The standard InChI is InChI=1S/C20H23F3N4O3S/c1-11-17(31-10-26-11)13-4-2-12(3-5-13)8-25-18(29)16-6-14(28)9-27(16)19(30)15(24)7-20(21,22)23/h2-5,10,14-16,28H,6-9,24H2,1H3,(H,25,29)/t14-,15+,16+/m1/s1. The number of halogens is 3. The molecule has 3 atom stereocenters. The van der Waals surface area contributed by atoms with Gasteiger partial charge >= 0.3 is 6.18 Å². The van der Waals surface area contributed by atoms with Crippen molar-refractivity contribution in [2.24, 2.45) is 5.73 Å². The first-order valence-electron chi connectivity index (χ1n) is 9.63. The second-order valence-corrected chi connectivity index (χ2v) is 8.36. The van der Waals surface area contributed by atoms with Crippen LogP contribution < -0.4 is 11.1 Å². The van der Waals surface area contributed by atoms with E-state index in [4.69, 9.17) is 5.73 Å². The Hall–Kier alpha value is -2.50. The summed E-state index contributed by atoms with van der Waals surface area (Å²) in [6.07, 6.45) is -7.15. The van der Waals surface area contributed by atoms with E-state index in [-0.39, 0.29) is 19.5 Å². The van der Waals surface area contributed by atoms with Gasteiger partial charge in [-0.15, -0.1) is 11.3 Å². The normalized spacial score (nSPS) is 20.0. The van der Waals surface area contributed by atoms with Gasteiger partial charge < -0.3 is 21.1 Å². The minimum absolute atomic E-state index is 0.0557. The molecular weight excluding hydrogens is 433 g/mol. The van der Waals surface area contributed by atoms with Gasteiger partial charge in [0.25, 0.3) is 0 Å². The lowest BCUT2D eigenvalue weighted by atomic mass is 10.1. The number of carbonyl (C=O) groups is 2. The third kappa shape index (κ3) is 5.81. The molecule has 2 heterocycles. The number of amides is 2. The predicted octanol–water partition coefficient (Wildman–Crippen LogP) is 1.98. The van der Waals surface area contributed by atoms with E-state index in [0.29, 0.717) is 0 Å². The van der Waals surface area contributed by atoms with Crippen LogP contribution in [-0.2, 0) is 16.1 Å². The van der Waals surface area contributed by atoms with E-state index < -0.39 is 42.6 Å². The third-order valence-electron chi connectivity index (χ3n) is 5.06. The first kappa shape index (κ1) is 23.2. The molecule has 0 bridgehead atoms. The van der Waals surface area contributed by atoms with Gasteiger partial charge in [-0.25, -0.2) is 4.98 Å². The van der Waals surface area contributed by atoms with Gasteiger partial charge in [0.2, 0.25) is 11.8 Å². The molecule has 0 saturated carbocycles. The number of thiazole rings is 1. The fourth-order valence-corrected chi connectivity index (χ4v) is 4.33. The number of hydrogen-bond acceptors (Lipinski definition) is 6.